The zero-order valence-corrected chi connectivity index (χ0v) is 11.7. The van der Waals surface area contributed by atoms with Gasteiger partial charge in [-0.25, -0.2) is 0 Å². The number of carbonyl (C=O) groups is 1. The Morgan fingerprint density at radius 2 is 2.15 bits per heavy atom. The average molecular weight is 389 g/mol. The van der Waals surface area contributed by atoms with E-state index in [0.717, 1.165) is 16.8 Å². The zero-order valence-electron chi connectivity index (χ0n) is 6.01. The van der Waals surface area contributed by atoms with Crippen LogP contribution in [0.15, 0.2) is 12.1 Å². The van der Waals surface area contributed by atoms with Gasteiger partial charge in [0.2, 0.25) is 0 Å². The predicted molar refractivity (Wildman–Crippen MR) is 61.1 cm³/mol. The molecule has 0 radical (unpaired) electrons. The second-order valence-corrected chi connectivity index (χ2v) is 9.28. The molecule has 2 rings (SSSR count). The van der Waals surface area contributed by atoms with Crippen LogP contribution in [-0.2, 0) is 0 Å². The summed E-state index contributed by atoms with van der Waals surface area (Å²) < 4.78 is 3.20. The van der Waals surface area contributed by atoms with E-state index in [4.69, 9.17) is 5.11 Å². The second-order valence-electron chi connectivity index (χ2n) is 2.31. The van der Waals surface area contributed by atoms with Gasteiger partial charge in [-0.3, -0.25) is 0 Å². The minimum absolute atomic E-state index is 0.215. The van der Waals surface area contributed by atoms with E-state index in [0.29, 0.717) is 5.56 Å². The van der Waals surface area contributed by atoms with Crippen LogP contribution in [0.3, 0.4) is 0 Å². The number of hydrogen-bond donors (Lipinski definition) is 1. The maximum atomic E-state index is 10.8. The molecular formula is C7H2Br2O2SSe. The predicted octanol–water partition coefficient (Wildman–Crippen LogP) is 3.18. The summed E-state index contributed by atoms with van der Waals surface area (Å²) in [5.41, 5.74) is 0.406. The number of halogens is 2. The molecule has 2 aromatic rings. The maximum absolute atomic E-state index is 10.8. The molecule has 2 nitrogen and oxygen atoms in total. The van der Waals surface area contributed by atoms with E-state index in [1.165, 1.54) is 11.3 Å². The number of carboxylic acid groups (broad SMARTS) is 1. The molecule has 0 aliphatic heterocycles. The first-order valence-electron chi connectivity index (χ1n) is 3.19. The van der Waals surface area contributed by atoms with Crippen molar-refractivity contribution in [1.82, 2.24) is 0 Å². The molecule has 1 N–H and O–H groups in total. The van der Waals surface area contributed by atoms with Crippen molar-refractivity contribution >= 4 is 73.8 Å². The van der Waals surface area contributed by atoms with Gasteiger partial charge in [0.1, 0.15) is 0 Å². The molecule has 0 atom stereocenters. The molecule has 0 aliphatic carbocycles. The number of carboxylic acids is 1. The van der Waals surface area contributed by atoms with Crippen molar-refractivity contribution in [3.63, 3.8) is 0 Å². The third-order valence-electron chi connectivity index (χ3n) is 1.58. The first-order chi connectivity index (χ1) is 6.11. The van der Waals surface area contributed by atoms with Gasteiger partial charge in [-0.15, -0.1) is 0 Å². The Morgan fingerprint density at radius 1 is 1.46 bits per heavy atom. The summed E-state index contributed by atoms with van der Waals surface area (Å²) in [5.74, 6) is -0.854. The fourth-order valence-electron chi connectivity index (χ4n) is 1.03. The molecule has 13 heavy (non-hydrogen) atoms. The van der Waals surface area contributed by atoms with Crippen LogP contribution in [0.2, 0.25) is 0 Å². The molecule has 0 saturated carbocycles. The van der Waals surface area contributed by atoms with Gasteiger partial charge >= 0.3 is 101 Å². The summed E-state index contributed by atoms with van der Waals surface area (Å²) >= 11 is 8.56. The van der Waals surface area contributed by atoms with Gasteiger partial charge in [0.25, 0.3) is 0 Å². The van der Waals surface area contributed by atoms with Crippen LogP contribution in [0.1, 0.15) is 10.4 Å². The molecule has 0 amide bonds. The van der Waals surface area contributed by atoms with Gasteiger partial charge in [-0.05, 0) is 0 Å². The van der Waals surface area contributed by atoms with Crippen LogP contribution < -0.4 is 0 Å². The molecule has 2 aromatic heterocycles. The topological polar surface area (TPSA) is 37.3 Å². The number of fused-ring (bicyclic) bond motifs is 1. The fourth-order valence-corrected chi connectivity index (χ4v) is 7.80. The molecule has 0 bridgehead atoms. The van der Waals surface area contributed by atoms with Crippen LogP contribution in [0.4, 0.5) is 0 Å². The molecule has 0 fully saturated rings. The molecule has 0 spiro atoms. The number of rotatable bonds is 1. The van der Waals surface area contributed by atoms with E-state index < -0.39 is 5.97 Å². The Bertz CT molecular complexity index is 488. The van der Waals surface area contributed by atoms with E-state index in [2.05, 4.69) is 31.9 Å². The number of thiophene rings is 1. The quantitative estimate of drug-likeness (QED) is 0.762. The molecule has 0 aromatic carbocycles. The molecular weight excluding hydrogens is 387 g/mol. The Morgan fingerprint density at radius 3 is 2.77 bits per heavy atom. The number of aromatic carboxylic acids is 1. The standard InChI is InChI=1S/C7H2Br2O2SSe/c8-5-3-2(7(10)11)1-12-4(3)6(9)13-5/h1H,(H,10,11). The summed E-state index contributed by atoms with van der Waals surface area (Å²) in [4.78, 5) is 10.8. The van der Waals surface area contributed by atoms with Crippen molar-refractivity contribution in [1.29, 1.82) is 0 Å². The molecule has 6 heteroatoms. The second kappa shape index (κ2) is 3.51. The normalized spacial score (nSPS) is 10.9. The summed E-state index contributed by atoms with van der Waals surface area (Å²) in [6.45, 7) is 0. The Hall–Kier alpha value is 0.389. The van der Waals surface area contributed by atoms with Gasteiger partial charge in [0.05, 0.1) is 0 Å². The van der Waals surface area contributed by atoms with Gasteiger partial charge in [0.15, 0.2) is 0 Å². The summed E-state index contributed by atoms with van der Waals surface area (Å²) in [6, 6.07) is 0. The third-order valence-corrected chi connectivity index (χ3v) is 7.21. The van der Waals surface area contributed by atoms with E-state index in [-0.39, 0.29) is 14.5 Å². The Labute approximate surface area is 101 Å². The van der Waals surface area contributed by atoms with Crippen molar-refractivity contribution in [2.75, 3.05) is 0 Å². The molecule has 0 unspecified atom stereocenters. The third kappa shape index (κ3) is 1.55. The number of hydrogen-bond acceptors (Lipinski definition) is 2. The van der Waals surface area contributed by atoms with Gasteiger partial charge in [-0.2, -0.15) is 0 Å². The van der Waals surface area contributed by atoms with Crippen LogP contribution >= 0.6 is 43.2 Å². The Balaban J connectivity index is 2.86. The van der Waals surface area contributed by atoms with E-state index in [1.807, 2.05) is 0 Å². The minimum atomic E-state index is -0.854. The molecule has 0 saturated heterocycles. The van der Waals surface area contributed by atoms with Crippen molar-refractivity contribution in [2.24, 2.45) is 0 Å². The fraction of sp³-hybridized carbons (Fsp3) is 0. The van der Waals surface area contributed by atoms with Gasteiger partial charge in [-0.1, -0.05) is 0 Å². The first kappa shape index (κ1) is 9.93. The monoisotopic (exact) mass is 388 g/mol. The zero-order chi connectivity index (χ0) is 9.59. The van der Waals surface area contributed by atoms with Crippen molar-refractivity contribution in [3.05, 3.63) is 17.6 Å². The van der Waals surface area contributed by atoms with Crippen molar-refractivity contribution in [2.45, 2.75) is 0 Å². The van der Waals surface area contributed by atoms with Crippen molar-refractivity contribution < 1.29 is 9.90 Å². The van der Waals surface area contributed by atoms with Crippen LogP contribution in [-0.4, -0.2) is 25.6 Å². The van der Waals surface area contributed by atoms with Gasteiger partial charge < -0.3 is 0 Å². The molecule has 0 aliphatic rings. The van der Waals surface area contributed by atoms with E-state index in [9.17, 15) is 4.79 Å². The molecule has 2 heterocycles. The van der Waals surface area contributed by atoms with Crippen LogP contribution in [0.5, 0.6) is 0 Å². The van der Waals surface area contributed by atoms with Crippen LogP contribution in [0, 0.1) is 0 Å². The van der Waals surface area contributed by atoms with Crippen LogP contribution in [0.25, 0.3) is 10.1 Å². The van der Waals surface area contributed by atoms with Gasteiger partial charge in [0, 0.05) is 0 Å². The average Bonchev–Trinajstić information content (AvgIpc) is 2.55. The molecule has 68 valence electrons. The first-order valence-corrected chi connectivity index (χ1v) is 7.37. The van der Waals surface area contributed by atoms with E-state index in [1.54, 1.807) is 5.38 Å². The summed E-state index contributed by atoms with van der Waals surface area (Å²) in [5, 5.41) is 11.4. The van der Waals surface area contributed by atoms with Crippen molar-refractivity contribution in [3.8, 4) is 0 Å². The SMILES string of the molecule is O=C(O)c1csc2c(Br)[se]c(Br)c12. The Kier molecular flexibility index (Phi) is 2.68. The summed E-state index contributed by atoms with van der Waals surface area (Å²) in [7, 11) is 0. The van der Waals surface area contributed by atoms with E-state index >= 15 is 0 Å². The summed E-state index contributed by atoms with van der Waals surface area (Å²) in [6.07, 6.45) is 0.